The zero-order valence-corrected chi connectivity index (χ0v) is 7.45. The van der Waals surface area contributed by atoms with Crippen LogP contribution in [0.2, 0.25) is 0 Å². The van der Waals surface area contributed by atoms with Crippen molar-refractivity contribution in [2.75, 3.05) is 7.11 Å². The van der Waals surface area contributed by atoms with Crippen molar-refractivity contribution in [1.82, 2.24) is 0 Å². The van der Waals surface area contributed by atoms with E-state index < -0.39 is 0 Å². The second-order valence-corrected chi connectivity index (χ2v) is 2.68. The van der Waals surface area contributed by atoms with Gasteiger partial charge in [-0.05, 0) is 12.5 Å². The number of aryl methyl sites for hydroxylation is 1. The Morgan fingerprint density at radius 3 is 2.69 bits per heavy atom. The standard InChI is InChI=1S/C10H11O3/c1-13-10(12)7-6-8-4-2-3-5-9(8)11/h2-5H,6-7H2,1H3. The summed E-state index contributed by atoms with van der Waals surface area (Å²) in [5, 5.41) is 11.2. The Morgan fingerprint density at radius 1 is 1.38 bits per heavy atom. The van der Waals surface area contributed by atoms with Crippen molar-refractivity contribution in [3.63, 3.8) is 0 Å². The van der Waals surface area contributed by atoms with E-state index in [0.29, 0.717) is 12.0 Å². The fourth-order valence-electron chi connectivity index (χ4n) is 1.05. The summed E-state index contributed by atoms with van der Waals surface area (Å²) >= 11 is 0. The molecule has 1 aromatic rings. The highest BCUT2D eigenvalue weighted by atomic mass is 16.5. The third-order valence-corrected chi connectivity index (χ3v) is 1.80. The average Bonchev–Trinajstić information content (AvgIpc) is 2.16. The van der Waals surface area contributed by atoms with Gasteiger partial charge in [-0.1, -0.05) is 18.2 Å². The quantitative estimate of drug-likeness (QED) is 0.665. The van der Waals surface area contributed by atoms with Crippen LogP contribution >= 0.6 is 0 Å². The second kappa shape index (κ2) is 4.50. The normalized spacial score (nSPS) is 9.62. The van der Waals surface area contributed by atoms with Crippen molar-refractivity contribution in [1.29, 1.82) is 0 Å². The molecule has 0 amide bonds. The lowest BCUT2D eigenvalue weighted by Gasteiger charge is -2.00. The fraction of sp³-hybridized carbons (Fsp3) is 0.300. The first kappa shape index (κ1) is 9.58. The summed E-state index contributed by atoms with van der Waals surface area (Å²) in [5.74, 6) is -0.311. The van der Waals surface area contributed by atoms with Crippen LogP contribution in [0, 0.1) is 0 Å². The molecule has 0 bridgehead atoms. The Balaban J connectivity index is 2.54. The lowest BCUT2D eigenvalue weighted by atomic mass is 10.1. The molecule has 13 heavy (non-hydrogen) atoms. The van der Waals surface area contributed by atoms with Gasteiger partial charge in [0, 0.05) is 12.0 Å². The van der Waals surface area contributed by atoms with Gasteiger partial charge in [-0.25, -0.2) is 0 Å². The van der Waals surface area contributed by atoms with E-state index in [4.69, 9.17) is 0 Å². The molecule has 1 rings (SSSR count). The number of para-hydroxylation sites is 1. The molecule has 0 aliphatic carbocycles. The SMILES string of the molecule is COC(=O)CCc1ccccc1[O]. The lowest BCUT2D eigenvalue weighted by molar-refractivity contribution is -0.140. The highest BCUT2D eigenvalue weighted by Crippen LogP contribution is 2.17. The molecule has 0 N–H and O–H groups in total. The van der Waals surface area contributed by atoms with E-state index in [1.165, 1.54) is 13.2 Å². The zero-order valence-electron chi connectivity index (χ0n) is 7.45. The average molecular weight is 179 g/mol. The van der Waals surface area contributed by atoms with E-state index in [9.17, 15) is 9.90 Å². The summed E-state index contributed by atoms with van der Waals surface area (Å²) in [7, 11) is 1.34. The van der Waals surface area contributed by atoms with Crippen LogP contribution in [0.4, 0.5) is 0 Å². The van der Waals surface area contributed by atoms with Gasteiger partial charge in [-0.2, -0.15) is 0 Å². The molecule has 0 unspecified atom stereocenters. The van der Waals surface area contributed by atoms with Gasteiger partial charge in [0.1, 0.15) is 0 Å². The van der Waals surface area contributed by atoms with Gasteiger partial charge in [-0.15, -0.1) is 0 Å². The molecular formula is C10H11O3. The molecule has 3 nitrogen and oxygen atoms in total. The maximum absolute atomic E-state index is 11.2. The predicted molar refractivity (Wildman–Crippen MR) is 46.9 cm³/mol. The number of hydrogen-bond donors (Lipinski definition) is 0. The van der Waals surface area contributed by atoms with E-state index >= 15 is 0 Å². The van der Waals surface area contributed by atoms with Crippen molar-refractivity contribution in [3.05, 3.63) is 29.8 Å². The van der Waals surface area contributed by atoms with Crippen molar-refractivity contribution in [2.45, 2.75) is 12.8 Å². The number of rotatable bonds is 3. The minimum atomic E-state index is -0.289. The molecule has 0 saturated carbocycles. The molecule has 3 heteroatoms. The van der Waals surface area contributed by atoms with Crippen molar-refractivity contribution in [3.8, 4) is 5.75 Å². The van der Waals surface area contributed by atoms with E-state index in [1.807, 2.05) is 0 Å². The highest BCUT2D eigenvalue weighted by molar-refractivity contribution is 5.69. The maximum Gasteiger partial charge on any atom is 0.305 e. The van der Waals surface area contributed by atoms with Crippen LogP contribution in [0.1, 0.15) is 12.0 Å². The van der Waals surface area contributed by atoms with Crippen molar-refractivity contribution < 1.29 is 14.6 Å². The van der Waals surface area contributed by atoms with Gasteiger partial charge in [0.15, 0.2) is 5.75 Å². The van der Waals surface area contributed by atoms with Crippen LogP contribution in [0.15, 0.2) is 24.3 Å². The molecule has 0 saturated heterocycles. The molecule has 0 heterocycles. The Labute approximate surface area is 77.0 Å². The van der Waals surface area contributed by atoms with Crippen molar-refractivity contribution in [2.24, 2.45) is 0 Å². The summed E-state index contributed by atoms with van der Waals surface area (Å²) in [6, 6.07) is 6.69. The Morgan fingerprint density at radius 2 is 2.08 bits per heavy atom. The number of benzene rings is 1. The van der Waals surface area contributed by atoms with E-state index in [1.54, 1.807) is 18.2 Å². The summed E-state index contributed by atoms with van der Waals surface area (Å²) in [6.45, 7) is 0. The summed E-state index contributed by atoms with van der Waals surface area (Å²) in [6.07, 6.45) is 0.710. The van der Waals surface area contributed by atoms with Gasteiger partial charge in [-0.3, -0.25) is 9.90 Å². The summed E-state index contributed by atoms with van der Waals surface area (Å²) in [4.78, 5) is 10.8. The Hall–Kier alpha value is -1.51. The number of carbonyl (C=O) groups excluding carboxylic acids is 1. The van der Waals surface area contributed by atoms with Crippen LogP contribution in [0.5, 0.6) is 5.75 Å². The smallest absolute Gasteiger partial charge is 0.305 e. The molecule has 0 atom stereocenters. The fourth-order valence-corrected chi connectivity index (χ4v) is 1.05. The first-order valence-corrected chi connectivity index (χ1v) is 4.06. The third kappa shape index (κ3) is 2.78. The first-order chi connectivity index (χ1) is 6.24. The lowest BCUT2D eigenvalue weighted by Crippen LogP contribution is -2.01. The molecule has 0 aliphatic rings. The van der Waals surface area contributed by atoms with Crippen LogP contribution in [0.25, 0.3) is 0 Å². The van der Waals surface area contributed by atoms with Gasteiger partial charge >= 0.3 is 5.97 Å². The number of methoxy groups -OCH3 is 1. The van der Waals surface area contributed by atoms with Gasteiger partial charge < -0.3 is 4.74 Å². The highest BCUT2D eigenvalue weighted by Gasteiger charge is 2.05. The van der Waals surface area contributed by atoms with Crippen LogP contribution < -0.4 is 0 Å². The number of esters is 1. The van der Waals surface area contributed by atoms with Crippen LogP contribution in [-0.4, -0.2) is 13.1 Å². The summed E-state index contributed by atoms with van der Waals surface area (Å²) in [5.41, 5.74) is 0.660. The maximum atomic E-state index is 11.2. The van der Waals surface area contributed by atoms with Gasteiger partial charge in [0.25, 0.3) is 0 Å². The second-order valence-electron chi connectivity index (χ2n) is 2.68. The Bertz CT molecular complexity index is 294. The topological polar surface area (TPSA) is 46.2 Å². The monoisotopic (exact) mass is 179 g/mol. The molecule has 69 valence electrons. The molecule has 0 spiro atoms. The Kier molecular flexibility index (Phi) is 3.31. The molecule has 0 aromatic heterocycles. The summed E-state index contributed by atoms with van der Waals surface area (Å²) < 4.78 is 4.47. The first-order valence-electron chi connectivity index (χ1n) is 4.06. The number of ether oxygens (including phenoxy) is 1. The third-order valence-electron chi connectivity index (χ3n) is 1.80. The minimum absolute atomic E-state index is 0.0218. The molecule has 0 fully saturated rings. The molecular weight excluding hydrogens is 168 g/mol. The zero-order chi connectivity index (χ0) is 9.68. The largest absolute Gasteiger partial charge is 0.469 e. The van der Waals surface area contributed by atoms with E-state index in [2.05, 4.69) is 4.74 Å². The number of carbonyl (C=O) groups is 1. The number of hydrogen-bond acceptors (Lipinski definition) is 2. The van der Waals surface area contributed by atoms with E-state index in [-0.39, 0.29) is 18.1 Å². The minimum Gasteiger partial charge on any atom is -0.469 e. The van der Waals surface area contributed by atoms with Crippen molar-refractivity contribution >= 4 is 5.97 Å². The molecule has 1 radical (unpaired) electrons. The predicted octanol–water partition coefficient (Wildman–Crippen LogP) is 1.94. The van der Waals surface area contributed by atoms with Crippen LogP contribution in [-0.2, 0) is 21.1 Å². The van der Waals surface area contributed by atoms with Crippen LogP contribution in [0.3, 0.4) is 0 Å². The molecule has 0 aliphatic heterocycles. The van der Waals surface area contributed by atoms with E-state index in [0.717, 1.165) is 0 Å². The molecule has 1 aromatic carbocycles. The van der Waals surface area contributed by atoms with Gasteiger partial charge in [0.2, 0.25) is 0 Å². The van der Waals surface area contributed by atoms with Gasteiger partial charge in [0.05, 0.1) is 7.11 Å².